The third-order valence-electron chi connectivity index (χ3n) is 4.61. The number of carbonyl (C=O) groups excluding carboxylic acids is 2. The van der Waals surface area contributed by atoms with E-state index in [1.807, 2.05) is 19.1 Å². The highest BCUT2D eigenvalue weighted by Gasteiger charge is 2.43. The molecule has 0 spiro atoms. The highest BCUT2D eigenvalue weighted by Crippen LogP contribution is 2.49. The van der Waals surface area contributed by atoms with Crippen LogP contribution < -0.4 is 0 Å². The Kier molecular flexibility index (Phi) is 5.97. The van der Waals surface area contributed by atoms with E-state index in [1.165, 1.54) is 0 Å². The lowest BCUT2D eigenvalue weighted by molar-refractivity contribution is -0.139. The number of allylic oxidation sites excluding steroid dienone is 2. The summed E-state index contributed by atoms with van der Waals surface area (Å²) in [4.78, 5) is 24.2. The second kappa shape index (κ2) is 7.95. The molecule has 2 rings (SSSR count). The van der Waals surface area contributed by atoms with Gasteiger partial charge in [-0.2, -0.15) is 0 Å². The average Bonchev–Trinajstić information content (AvgIpc) is 3.13. The fourth-order valence-electron chi connectivity index (χ4n) is 3.62. The van der Waals surface area contributed by atoms with Gasteiger partial charge < -0.3 is 9.47 Å². The van der Waals surface area contributed by atoms with Crippen LogP contribution in [0.5, 0.6) is 0 Å². The first-order chi connectivity index (χ1) is 11.1. The normalized spacial score (nSPS) is 26.2. The molecule has 4 heteroatoms. The lowest BCUT2D eigenvalue weighted by Gasteiger charge is -2.19. The molecule has 23 heavy (non-hydrogen) atoms. The molecule has 0 aromatic rings. The Balaban J connectivity index is 2.09. The van der Waals surface area contributed by atoms with E-state index in [0.717, 1.165) is 24.8 Å². The molecule has 124 valence electrons. The zero-order valence-electron chi connectivity index (χ0n) is 13.6. The van der Waals surface area contributed by atoms with Gasteiger partial charge in [0.1, 0.15) is 13.2 Å². The van der Waals surface area contributed by atoms with Gasteiger partial charge in [-0.25, -0.2) is 9.59 Å². The molecule has 0 aliphatic heterocycles. The summed E-state index contributed by atoms with van der Waals surface area (Å²) in [6, 6.07) is 0. The first-order valence-corrected chi connectivity index (χ1v) is 8.05. The van der Waals surface area contributed by atoms with Gasteiger partial charge in [-0.15, -0.1) is 0 Å². The summed E-state index contributed by atoms with van der Waals surface area (Å²) in [6.45, 7) is 9.40. The van der Waals surface area contributed by atoms with E-state index in [-0.39, 0.29) is 37.0 Å². The summed E-state index contributed by atoms with van der Waals surface area (Å²) >= 11 is 0. The van der Waals surface area contributed by atoms with Crippen molar-refractivity contribution in [3.05, 3.63) is 48.6 Å². The average molecular weight is 316 g/mol. The van der Waals surface area contributed by atoms with Crippen LogP contribution in [0.15, 0.2) is 48.6 Å². The van der Waals surface area contributed by atoms with E-state index < -0.39 is 0 Å². The Labute approximate surface area is 137 Å². The molecule has 0 heterocycles. The fourth-order valence-corrected chi connectivity index (χ4v) is 3.62. The molecular formula is C19H24O4. The maximum atomic E-state index is 12.2. The molecule has 0 aromatic carbocycles. The first kappa shape index (κ1) is 17.3. The van der Waals surface area contributed by atoms with E-state index in [2.05, 4.69) is 13.2 Å². The summed E-state index contributed by atoms with van der Waals surface area (Å²) in [7, 11) is 0. The smallest absolute Gasteiger partial charge is 0.334 e. The van der Waals surface area contributed by atoms with Crippen LogP contribution in [0.2, 0.25) is 0 Å². The number of fused-ring (bicyclic) bond motifs is 1. The zero-order chi connectivity index (χ0) is 16.8. The fraction of sp³-hybridized carbons (Fsp3) is 0.474. The van der Waals surface area contributed by atoms with Crippen molar-refractivity contribution in [2.75, 3.05) is 13.2 Å². The predicted molar refractivity (Wildman–Crippen MR) is 88.5 cm³/mol. The Bertz CT molecular complexity index is 556. The third-order valence-corrected chi connectivity index (χ3v) is 4.61. The lowest BCUT2D eigenvalue weighted by atomic mass is 9.86. The van der Waals surface area contributed by atoms with Gasteiger partial charge in [-0.05, 0) is 43.9 Å². The van der Waals surface area contributed by atoms with Gasteiger partial charge in [-0.3, -0.25) is 0 Å². The molecule has 1 fully saturated rings. The van der Waals surface area contributed by atoms with Crippen molar-refractivity contribution in [1.82, 2.24) is 0 Å². The Hall–Kier alpha value is -2.10. The van der Waals surface area contributed by atoms with E-state index >= 15 is 0 Å². The molecule has 2 aliphatic rings. The van der Waals surface area contributed by atoms with Crippen molar-refractivity contribution >= 4 is 11.9 Å². The van der Waals surface area contributed by atoms with E-state index in [4.69, 9.17) is 9.47 Å². The van der Waals surface area contributed by atoms with Crippen LogP contribution in [-0.2, 0) is 19.1 Å². The van der Waals surface area contributed by atoms with Crippen LogP contribution in [0.3, 0.4) is 0 Å². The topological polar surface area (TPSA) is 52.6 Å². The SMILES string of the molecule is C=CCOC(=O)C1=CC2C(CCC2C(=CC)C(=O)OCC=C)C1. The number of hydrogen-bond donors (Lipinski definition) is 0. The lowest BCUT2D eigenvalue weighted by Crippen LogP contribution is -2.19. The van der Waals surface area contributed by atoms with Gasteiger partial charge >= 0.3 is 11.9 Å². The van der Waals surface area contributed by atoms with Gasteiger partial charge in [0.15, 0.2) is 0 Å². The molecule has 0 bridgehead atoms. The number of hydrogen-bond acceptors (Lipinski definition) is 4. The van der Waals surface area contributed by atoms with Crippen molar-refractivity contribution in [2.45, 2.75) is 26.2 Å². The van der Waals surface area contributed by atoms with Crippen LogP contribution in [0.4, 0.5) is 0 Å². The molecule has 3 atom stereocenters. The van der Waals surface area contributed by atoms with Gasteiger partial charge in [0, 0.05) is 11.1 Å². The standard InChI is InChI=1S/C19H24O4/c1-4-9-22-18(20)14-11-13-7-8-16(17(13)12-14)15(6-3)19(21)23-10-5-2/h4-6,12-13,16-17H,1-2,7-11H2,3H3. The van der Waals surface area contributed by atoms with Gasteiger partial charge in [-0.1, -0.05) is 37.5 Å². The number of carbonyl (C=O) groups is 2. The van der Waals surface area contributed by atoms with Gasteiger partial charge in [0.25, 0.3) is 0 Å². The number of ether oxygens (including phenoxy) is 2. The Morgan fingerprint density at radius 2 is 1.91 bits per heavy atom. The van der Waals surface area contributed by atoms with Crippen molar-refractivity contribution in [1.29, 1.82) is 0 Å². The van der Waals surface area contributed by atoms with Crippen molar-refractivity contribution in [2.24, 2.45) is 17.8 Å². The summed E-state index contributed by atoms with van der Waals surface area (Å²) in [5.41, 5.74) is 1.43. The van der Waals surface area contributed by atoms with E-state index in [1.54, 1.807) is 12.2 Å². The summed E-state index contributed by atoms with van der Waals surface area (Å²) in [6.07, 6.45) is 9.64. The summed E-state index contributed by atoms with van der Waals surface area (Å²) in [5.74, 6) is 0.188. The second-order valence-electron chi connectivity index (χ2n) is 5.94. The van der Waals surface area contributed by atoms with Crippen molar-refractivity contribution in [3.8, 4) is 0 Å². The maximum absolute atomic E-state index is 12.2. The van der Waals surface area contributed by atoms with Crippen LogP contribution >= 0.6 is 0 Å². The van der Waals surface area contributed by atoms with Crippen LogP contribution in [-0.4, -0.2) is 25.2 Å². The monoisotopic (exact) mass is 316 g/mol. The largest absolute Gasteiger partial charge is 0.458 e. The van der Waals surface area contributed by atoms with E-state index in [9.17, 15) is 9.59 Å². The van der Waals surface area contributed by atoms with Crippen LogP contribution in [0.25, 0.3) is 0 Å². The second-order valence-corrected chi connectivity index (χ2v) is 5.94. The molecule has 3 unspecified atom stereocenters. The molecule has 2 aliphatic carbocycles. The minimum atomic E-state index is -0.283. The minimum Gasteiger partial charge on any atom is -0.458 e. The summed E-state index contributed by atoms with van der Waals surface area (Å²) in [5, 5.41) is 0. The van der Waals surface area contributed by atoms with Crippen LogP contribution in [0, 0.1) is 17.8 Å². The zero-order valence-corrected chi connectivity index (χ0v) is 13.6. The van der Waals surface area contributed by atoms with E-state index in [0.29, 0.717) is 11.5 Å². The number of esters is 2. The molecule has 0 N–H and O–H groups in total. The molecule has 0 aromatic heterocycles. The van der Waals surface area contributed by atoms with Crippen LogP contribution in [0.1, 0.15) is 26.2 Å². The molecule has 1 saturated carbocycles. The highest BCUT2D eigenvalue weighted by atomic mass is 16.5. The quantitative estimate of drug-likeness (QED) is 0.410. The van der Waals surface area contributed by atoms with Gasteiger partial charge in [0.05, 0.1) is 0 Å². The Morgan fingerprint density at radius 3 is 2.57 bits per heavy atom. The molecular weight excluding hydrogens is 292 g/mol. The minimum absolute atomic E-state index is 0.118. The van der Waals surface area contributed by atoms with Crippen molar-refractivity contribution in [3.63, 3.8) is 0 Å². The predicted octanol–water partition coefficient (Wildman–Crippen LogP) is 3.36. The maximum Gasteiger partial charge on any atom is 0.334 e. The first-order valence-electron chi connectivity index (χ1n) is 8.05. The molecule has 4 nitrogen and oxygen atoms in total. The molecule has 0 radical (unpaired) electrons. The Morgan fingerprint density at radius 1 is 1.22 bits per heavy atom. The van der Waals surface area contributed by atoms with Gasteiger partial charge in [0.2, 0.25) is 0 Å². The molecule has 0 amide bonds. The summed E-state index contributed by atoms with van der Waals surface area (Å²) < 4.78 is 10.3. The molecule has 0 saturated heterocycles. The third kappa shape index (κ3) is 3.81. The number of rotatable bonds is 7. The van der Waals surface area contributed by atoms with Crippen molar-refractivity contribution < 1.29 is 19.1 Å². The highest BCUT2D eigenvalue weighted by molar-refractivity contribution is 5.91.